The predicted molar refractivity (Wildman–Crippen MR) is 81.1 cm³/mol. The number of nitrogens with one attached hydrogen (secondary N) is 1. The zero-order valence-electron chi connectivity index (χ0n) is 10.2. The molecule has 0 spiro atoms. The summed E-state index contributed by atoms with van der Waals surface area (Å²) in [5.41, 5.74) is 3.94. The number of hydrogen-bond donors (Lipinski definition) is 2. The largest absolute Gasteiger partial charge is 0.478 e. The molecule has 0 aliphatic heterocycles. The van der Waals surface area contributed by atoms with E-state index < -0.39 is 5.97 Å². The first-order valence-corrected chi connectivity index (χ1v) is 6.40. The molecule has 102 valence electrons. The maximum absolute atomic E-state index is 11.0. The molecule has 2 N–H and O–H groups in total. The Morgan fingerprint density at radius 1 is 1.20 bits per heavy atom. The van der Waals surface area contributed by atoms with Crippen LogP contribution in [0.5, 0.6) is 0 Å². The van der Waals surface area contributed by atoms with Gasteiger partial charge in [-0.3, -0.25) is 5.43 Å². The summed E-state index contributed by atoms with van der Waals surface area (Å²) >= 11 is 11.8. The second-order valence-corrected chi connectivity index (χ2v) is 4.73. The van der Waals surface area contributed by atoms with Gasteiger partial charge in [0.1, 0.15) is 0 Å². The Hall–Kier alpha value is -2.04. The lowest BCUT2D eigenvalue weighted by molar-refractivity contribution is 0.0697. The third kappa shape index (κ3) is 3.50. The monoisotopic (exact) mass is 308 g/mol. The van der Waals surface area contributed by atoms with Crippen molar-refractivity contribution < 1.29 is 9.90 Å². The van der Waals surface area contributed by atoms with Crippen molar-refractivity contribution in [2.45, 2.75) is 0 Å². The quantitative estimate of drug-likeness (QED) is 0.659. The van der Waals surface area contributed by atoms with Gasteiger partial charge in [0.05, 0.1) is 22.5 Å². The molecule has 4 nitrogen and oxygen atoms in total. The SMILES string of the molecule is O=C(O)c1ccccc1/C=N/Nc1cc(Cl)ccc1Cl. The molecular formula is C14H10Cl2N2O2. The first-order chi connectivity index (χ1) is 9.58. The van der Waals surface area contributed by atoms with Crippen LogP contribution in [0.4, 0.5) is 5.69 Å². The molecule has 0 aliphatic rings. The smallest absolute Gasteiger partial charge is 0.336 e. The summed E-state index contributed by atoms with van der Waals surface area (Å²) in [5.74, 6) is -1.01. The van der Waals surface area contributed by atoms with Crippen LogP contribution in [0.1, 0.15) is 15.9 Å². The Labute approximate surface area is 125 Å². The van der Waals surface area contributed by atoms with Crippen LogP contribution in [0, 0.1) is 0 Å². The average molecular weight is 309 g/mol. The van der Waals surface area contributed by atoms with Crippen molar-refractivity contribution in [3.63, 3.8) is 0 Å². The minimum absolute atomic E-state index is 0.176. The van der Waals surface area contributed by atoms with Crippen LogP contribution in [0.25, 0.3) is 0 Å². The molecule has 2 aromatic carbocycles. The highest BCUT2D eigenvalue weighted by Crippen LogP contribution is 2.25. The van der Waals surface area contributed by atoms with E-state index in [1.807, 2.05) is 0 Å². The number of nitrogens with zero attached hydrogens (tertiary/aromatic N) is 1. The Morgan fingerprint density at radius 3 is 2.70 bits per heavy atom. The van der Waals surface area contributed by atoms with E-state index in [2.05, 4.69) is 10.5 Å². The van der Waals surface area contributed by atoms with E-state index in [4.69, 9.17) is 28.3 Å². The molecule has 0 aliphatic carbocycles. The number of hydrazone groups is 1. The molecule has 0 heterocycles. The highest BCUT2D eigenvalue weighted by molar-refractivity contribution is 6.35. The lowest BCUT2D eigenvalue weighted by Crippen LogP contribution is -2.02. The van der Waals surface area contributed by atoms with Gasteiger partial charge in [-0.1, -0.05) is 41.4 Å². The van der Waals surface area contributed by atoms with E-state index in [1.54, 1.807) is 36.4 Å². The van der Waals surface area contributed by atoms with Crippen LogP contribution in [-0.2, 0) is 0 Å². The van der Waals surface area contributed by atoms with Gasteiger partial charge in [-0.05, 0) is 24.3 Å². The highest BCUT2D eigenvalue weighted by Gasteiger charge is 2.06. The number of anilines is 1. The number of carboxylic acid groups (broad SMARTS) is 1. The van der Waals surface area contributed by atoms with E-state index in [-0.39, 0.29) is 5.56 Å². The number of hydrogen-bond acceptors (Lipinski definition) is 3. The van der Waals surface area contributed by atoms with Gasteiger partial charge < -0.3 is 5.11 Å². The molecule has 6 heteroatoms. The minimum atomic E-state index is -1.01. The number of benzene rings is 2. The van der Waals surface area contributed by atoms with Crippen LogP contribution in [0.3, 0.4) is 0 Å². The van der Waals surface area contributed by atoms with Gasteiger partial charge in [-0.2, -0.15) is 5.10 Å². The van der Waals surface area contributed by atoms with Gasteiger partial charge in [0.2, 0.25) is 0 Å². The molecule has 2 aromatic rings. The average Bonchev–Trinajstić information content (AvgIpc) is 2.43. The minimum Gasteiger partial charge on any atom is -0.478 e. The van der Waals surface area contributed by atoms with E-state index in [9.17, 15) is 4.79 Å². The van der Waals surface area contributed by atoms with Gasteiger partial charge in [-0.15, -0.1) is 0 Å². The van der Waals surface area contributed by atoms with Crippen LogP contribution in [-0.4, -0.2) is 17.3 Å². The molecule has 0 saturated carbocycles. The van der Waals surface area contributed by atoms with Crippen LogP contribution in [0.2, 0.25) is 10.0 Å². The zero-order valence-corrected chi connectivity index (χ0v) is 11.7. The Balaban J connectivity index is 2.18. The fourth-order valence-electron chi connectivity index (χ4n) is 1.56. The van der Waals surface area contributed by atoms with Gasteiger partial charge in [-0.25, -0.2) is 4.79 Å². The van der Waals surface area contributed by atoms with E-state index in [1.165, 1.54) is 12.3 Å². The fourth-order valence-corrected chi connectivity index (χ4v) is 1.89. The van der Waals surface area contributed by atoms with Crippen LogP contribution in [0.15, 0.2) is 47.6 Å². The van der Waals surface area contributed by atoms with E-state index in [0.717, 1.165) is 0 Å². The Bertz CT molecular complexity index is 672. The van der Waals surface area contributed by atoms with Gasteiger partial charge >= 0.3 is 5.97 Å². The predicted octanol–water partition coefficient (Wildman–Crippen LogP) is 4.14. The number of rotatable bonds is 4. The van der Waals surface area contributed by atoms with Crippen LogP contribution >= 0.6 is 23.2 Å². The lowest BCUT2D eigenvalue weighted by atomic mass is 10.1. The molecule has 0 unspecified atom stereocenters. The maximum Gasteiger partial charge on any atom is 0.336 e. The van der Waals surface area contributed by atoms with Crippen LogP contribution < -0.4 is 5.43 Å². The Kier molecular flexibility index (Phi) is 4.61. The maximum atomic E-state index is 11.0. The van der Waals surface area contributed by atoms with Crippen molar-refractivity contribution in [1.82, 2.24) is 0 Å². The van der Waals surface area contributed by atoms with Crippen molar-refractivity contribution in [3.8, 4) is 0 Å². The third-order valence-electron chi connectivity index (χ3n) is 2.51. The summed E-state index contributed by atoms with van der Waals surface area (Å²) in [6.07, 6.45) is 1.42. The van der Waals surface area contributed by atoms with E-state index >= 15 is 0 Å². The topological polar surface area (TPSA) is 61.7 Å². The zero-order chi connectivity index (χ0) is 14.5. The van der Waals surface area contributed by atoms with Gasteiger partial charge in [0.25, 0.3) is 0 Å². The molecule has 0 saturated heterocycles. The normalized spacial score (nSPS) is 10.7. The third-order valence-corrected chi connectivity index (χ3v) is 3.07. The molecule has 0 radical (unpaired) electrons. The summed E-state index contributed by atoms with van der Waals surface area (Å²) < 4.78 is 0. The molecule has 0 bridgehead atoms. The second kappa shape index (κ2) is 6.41. The molecule has 0 fully saturated rings. The van der Waals surface area contributed by atoms with Crippen molar-refractivity contribution in [3.05, 3.63) is 63.6 Å². The van der Waals surface area contributed by atoms with Crippen molar-refractivity contribution >= 4 is 41.1 Å². The Morgan fingerprint density at radius 2 is 1.95 bits per heavy atom. The molecular weight excluding hydrogens is 299 g/mol. The number of aromatic carboxylic acids is 1. The molecule has 0 aromatic heterocycles. The summed E-state index contributed by atoms with van der Waals surface area (Å²) in [4.78, 5) is 11.0. The van der Waals surface area contributed by atoms with Gasteiger partial charge in [0, 0.05) is 10.6 Å². The molecule has 0 amide bonds. The molecule has 2 rings (SSSR count). The molecule has 20 heavy (non-hydrogen) atoms. The molecule has 0 atom stereocenters. The summed E-state index contributed by atoms with van der Waals surface area (Å²) in [7, 11) is 0. The standard InChI is InChI=1S/C14H10Cl2N2O2/c15-10-5-6-12(16)13(7-10)18-17-8-9-3-1-2-4-11(9)14(19)20/h1-8,18H,(H,19,20)/b17-8+. The highest BCUT2D eigenvalue weighted by atomic mass is 35.5. The summed E-state index contributed by atoms with van der Waals surface area (Å²) in [6, 6.07) is 11.5. The van der Waals surface area contributed by atoms with E-state index in [0.29, 0.717) is 21.3 Å². The van der Waals surface area contributed by atoms with Crippen molar-refractivity contribution in [2.24, 2.45) is 5.10 Å². The van der Waals surface area contributed by atoms with Crippen molar-refractivity contribution in [1.29, 1.82) is 0 Å². The summed E-state index contributed by atoms with van der Waals surface area (Å²) in [6.45, 7) is 0. The fraction of sp³-hybridized carbons (Fsp3) is 0. The number of carbonyl (C=O) groups is 1. The lowest BCUT2D eigenvalue weighted by Gasteiger charge is -2.04. The first-order valence-electron chi connectivity index (χ1n) is 5.64. The first kappa shape index (κ1) is 14.4. The second-order valence-electron chi connectivity index (χ2n) is 3.89. The summed E-state index contributed by atoms with van der Waals surface area (Å²) in [5, 5.41) is 14.0. The van der Waals surface area contributed by atoms with Crippen molar-refractivity contribution in [2.75, 3.05) is 5.43 Å². The van der Waals surface area contributed by atoms with Gasteiger partial charge in [0.15, 0.2) is 0 Å². The number of halogens is 2. The number of carboxylic acids is 1.